The molecule has 1 aliphatic carbocycles. The first kappa shape index (κ1) is 45.8. The number of aryl methyl sites for hydroxylation is 3. The molecule has 1 aliphatic rings. The van der Waals surface area contributed by atoms with Gasteiger partial charge in [0, 0.05) is 43.0 Å². The lowest BCUT2D eigenvalue weighted by Gasteiger charge is -2.27. The third-order valence-corrected chi connectivity index (χ3v) is 13.4. The number of amides is 1. The molecule has 1 unspecified atom stereocenters. The Labute approximate surface area is 347 Å². The van der Waals surface area contributed by atoms with E-state index in [4.69, 9.17) is 43.6 Å². The number of nitrogens with two attached hydrogens (primary N) is 5. The molecule has 314 valence electrons. The SMILES string of the molecule is CCC(N)(C(=O)c1sc(C)nc1[C@H](CCCN=C(N)N)NC(=O)c1sc(C)nc1[C@H](C)NCc1sc(CCCN=C(N)N)nc1[C@H](C)NC(C)(C)C(C)=O)C1CC1. The maximum atomic E-state index is 14.3. The number of carbonyl (C=O) groups excluding carboxylic acids is 3. The maximum absolute atomic E-state index is 14.3. The van der Waals surface area contributed by atoms with Crippen LogP contribution in [0.15, 0.2) is 9.98 Å². The summed E-state index contributed by atoms with van der Waals surface area (Å²) in [6, 6.07) is -1.15. The highest BCUT2D eigenvalue weighted by Crippen LogP contribution is 2.43. The van der Waals surface area contributed by atoms with E-state index in [2.05, 4.69) is 25.9 Å². The Morgan fingerprint density at radius 2 is 1.46 bits per heavy atom. The van der Waals surface area contributed by atoms with Gasteiger partial charge < -0.3 is 39.3 Å². The predicted octanol–water partition coefficient (Wildman–Crippen LogP) is 3.97. The molecule has 0 saturated heterocycles. The van der Waals surface area contributed by atoms with Crippen molar-refractivity contribution in [1.29, 1.82) is 0 Å². The van der Waals surface area contributed by atoms with E-state index < -0.39 is 17.1 Å². The standard InChI is InChI=1S/C38H61N13O3S3/c1-9-38(43,24-14-15-24)33(53)31-30(48-23(6)55-31)25(12-10-16-44-35(39)40)49-34(54)32-29(47-22(5)56-32)19(2)46-18-26-28(20(3)51-37(7,8)21(4)52)50-27(57-26)13-11-17-45-36(41)42/h19-20,24-25,46,51H,9-18,43H2,1-8H3,(H,49,54)(H4,39,40,44)(H4,41,42,45)/t19-,20-,25-,38?/m0/s1. The molecular weight excluding hydrogens is 783 g/mol. The second-order valence-electron chi connectivity index (χ2n) is 15.3. The molecule has 16 nitrogen and oxygen atoms in total. The van der Waals surface area contributed by atoms with E-state index in [1.807, 2.05) is 48.5 Å². The van der Waals surface area contributed by atoms with Gasteiger partial charge in [0.05, 0.1) is 54.1 Å². The lowest BCUT2D eigenvalue weighted by molar-refractivity contribution is -0.122. The van der Waals surface area contributed by atoms with Crippen LogP contribution >= 0.6 is 34.0 Å². The van der Waals surface area contributed by atoms with E-state index >= 15 is 0 Å². The first-order valence-corrected chi connectivity index (χ1v) is 21.9. The van der Waals surface area contributed by atoms with E-state index in [1.54, 1.807) is 18.3 Å². The minimum absolute atomic E-state index is 0.0161. The summed E-state index contributed by atoms with van der Waals surface area (Å²) in [5, 5.41) is 12.6. The predicted molar refractivity (Wildman–Crippen MR) is 231 cm³/mol. The number of rotatable bonds is 23. The minimum atomic E-state index is -0.979. The lowest BCUT2D eigenvalue weighted by Crippen LogP contribution is -2.49. The highest BCUT2D eigenvalue weighted by molar-refractivity contribution is 7.14. The third kappa shape index (κ3) is 12.1. The number of hydrogen-bond acceptors (Lipinski definition) is 14. The van der Waals surface area contributed by atoms with Crippen LogP contribution in [0, 0.1) is 19.8 Å². The average Bonchev–Trinajstić information content (AvgIpc) is 3.64. The molecule has 57 heavy (non-hydrogen) atoms. The zero-order valence-corrected chi connectivity index (χ0v) is 36.9. The van der Waals surface area contributed by atoms with Gasteiger partial charge in [-0.25, -0.2) is 15.0 Å². The van der Waals surface area contributed by atoms with Gasteiger partial charge in [0.2, 0.25) is 0 Å². The Bertz CT molecular complexity index is 1940. The van der Waals surface area contributed by atoms with Crippen molar-refractivity contribution >= 4 is 63.4 Å². The van der Waals surface area contributed by atoms with Crippen molar-refractivity contribution in [2.45, 2.75) is 136 Å². The van der Waals surface area contributed by atoms with Crippen molar-refractivity contribution in [3.8, 4) is 0 Å². The summed E-state index contributed by atoms with van der Waals surface area (Å²) >= 11 is 4.22. The van der Waals surface area contributed by atoms with Crippen LogP contribution in [0.2, 0.25) is 0 Å². The largest absolute Gasteiger partial charge is 0.370 e. The maximum Gasteiger partial charge on any atom is 0.263 e. The molecule has 4 rings (SSSR count). The Kier molecular flexibility index (Phi) is 15.8. The number of aromatic nitrogens is 3. The summed E-state index contributed by atoms with van der Waals surface area (Å²) in [6.07, 6.45) is 4.74. The number of hydrogen-bond donors (Lipinski definition) is 8. The van der Waals surface area contributed by atoms with Gasteiger partial charge in [0.15, 0.2) is 17.7 Å². The quantitative estimate of drug-likeness (QED) is 0.0291. The lowest BCUT2D eigenvalue weighted by atomic mass is 9.85. The van der Waals surface area contributed by atoms with Crippen LogP contribution in [-0.2, 0) is 17.8 Å². The monoisotopic (exact) mass is 843 g/mol. The van der Waals surface area contributed by atoms with Crippen LogP contribution in [0.1, 0.15) is 155 Å². The van der Waals surface area contributed by atoms with Gasteiger partial charge in [0.1, 0.15) is 10.7 Å². The summed E-state index contributed by atoms with van der Waals surface area (Å²) in [6.45, 7) is 16.2. The normalized spacial score (nSPS) is 15.7. The summed E-state index contributed by atoms with van der Waals surface area (Å²) < 4.78 is 0. The highest BCUT2D eigenvalue weighted by Gasteiger charge is 2.48. The first-order valence-electron chi connectivity index (χ1n) is 19.5. The molecule has 0 aliphatic heterocycles. The van der Waals surface area contributed by atoms with Crippen LogP contribution in [0.3, 0.4) is 0 Å². The number of aliphatic imine (C=N–C) groups is 2. The molecule has 3 aromatic rings. The number of ketones is 2. The number of nitrogens with zero attached hydrogens (tertiary/aromatic N) is 5. The molecular formula is C38H61N13O3S3. The number of thiazole rings is 3. The Morgan fingerprint density at radius 3 is 2.04 bits per heavy atom. The summed E-state index contributed by atoms with van der Waals surface area (Å²) in [4.78, 5) is 65.6. The number of guanidine groups is 2. The van der Waals surface area contributed by atoms with Crippen molar-refractivity contribution in [1.82, 2.24) is 30.9 Å². The van der Waals surface area contributed by atoms with E-state index in [0.717, 1.165) is 39.8 Å². The van der Waals surface area contributed by atoms with Crippen LogP contribution in [0.4, 0.5) is 0 Å². The number of Topliss-reactive ketones (excluding diaryl/α,β-unsaturated/α-hetero) is 2. The van der Waals surface area contributed by atoms with Gasteiger partial charge >= 0.3 is 0 Å². The Balaban J connectivity index is 1.59. The number of nitrogens with one attached hydrogen (secondary N) is 3. The molecule has 3 heterocycles. The fraction of sp³-hybridized carbons (Fsp3) is 0.632. The fourth-order valence-electron chi connectivity index (χ4n) is 6.67. The Morgan fingerprint density at radius 1 is 0.860 bits per heavy atom. The van der Waals surface area contributed by atoms with Gasteiger partial charge in [-0.05, 0) is 92.9 Å². The molecule has 3 aromatic heterocycles. The molecule has 1 saturated carbocycles. The molecule has 4 atom stereocenters. The zero-order valence-electron chi connectivity index (χ0n) is 34.5. The van der Waals surface area contributed by atoms with Gasteiger partial charge in [-0.15, -0.1) is 34.0 Å². The highest BCUT2D eigenvalue weighted by atomic mass is 32.1. The average molecular weight is 844 g/mol. The van der Waals surface area contributed by atoms with Crippen LogP contribution < -0.4 is 44.6 Å². The van der Waals surface area contributed by atoms with E-state index in [1.165, 1.54) is 22.7 Å². The van der Waals surface area contributed by atoms with Crippen molar-refractivity contribution in [3.63, 3.8) is 0 Å². The van der Waals surface area contributed by atoms with Crippen molar-refractivity contribution < 1.29 is 14.4 Å². The van der Waals surface area contributed by atoms with Crippen molar-refractivity contribution in [2.75, 3.05) is 13.1 Å². The number of carbonyl (C=O) groups is 3. The van der Waals surface area contributed by atoms with E-state index in [0.29, 0.717) is 71.5 Å². The van der Waals surface area contributed by atoms with Crippen LogP contribution in [0.25, 0.3) is 0 Å². The molecule has 1 fully saturated rings. The van der Waals surface area contributed by atoms with Crippen molar-refractivity contribution in [3.05, 3.63) is 46.7 Å². The molecule has 13 N–H and O–H groups in total. The van der Waals surface area contributed by atoms with Gasteiger partial charge in [-0.1, -0.05) is 6.92 Å². The van der Waals surface area contributed by atoms with Gasteiger partial charge in [-0.2, -0.15) is 0 Å². The summed E-state index contributed by atoms with van der Waals surface area (Å²) in [7, 11) is 0. The molecule has 19 heteroatoms. The molecule has 0 bridgehead atoms. The topological polar surface area (TPSA) is 281 Å². The second-order valence-corrected chi connectivity index (χ2v) is 18.9. The second kappa shape index (κ2) is 19.7. The third-order valence-electron chi connectivity index (χ3n) is 10.3. The zero-order chi connectivity index (χ0) is 42.2. The molecule has 0 aromatic carbocycles. The molecule has 1 amide bonds. The summed E-state index contributed by atoms with van der Waals surface area (Å²) in [5.41, 5.74) is 29.2. The smallest absolute Gasteiger partial charge is 0.263 e. The van der Waals surface area contributed by atoms with Gasteiger partial charge in [-0.3, -0.25) is 29.7 Å². The van der Waals surface area contributed by atoms with E-state index in [9.17, 15) is 14.4 Å². The van der Waals surface area contributed by atoms with E-state index in [-0.39, 0.29) is 47.4 Å². The first-order chi connectivity index (χ1) is 26.8. The van der Waals surface area contributed by atoms with Crippen LogP contribution in [-0.4, -0.2) is 68.5 Å². The summed E-state index contributed by atoms with van der Waals surface area (Å²) in [5.74, 6) is -0.251. The molecule has 0 spiro atoms. The fourth-order valence-corrected chi connectivity index (χ4v) is 9.76. The van der Waals surface area contributed by atoms with Crippen LogP contribution in [0.5, 0.6) is 0 Å². The van der Waals surface area contributed by atoms with Gasteiger partial charge in [0.25, 0.3) is 5.91 Å². The molecule has 0 radical (unpaired) electrons. The van der Waals surface area contributed by atoms with Crippen molar-refractivity contribution in [2.24, 2.45) is 44.6 Å². The minimum Gasteiger partial charge on any atom is -0.370 e. The Hall–Kier alpha value is -3.88.